The molecule has 0 saturated carbocycles. The summed E-state index contributed by atoms with van der Waals surface area (Å²) in [4.78, 5) is 15.2. The van der Waals surface area contributed by atoms with E-state index in [1.165, 1.54) is 0 Å². The fourth-order valence-corrected chi connectivity index (χ4v) is 3.89. The molecule has 1 aliphatic rings. The Kier molecular flexibility index (Phi) is 7.97. The van der Waals surface area contributed by atoms with Gasteiger partial charge in [-0.25, -0.2) is 0 Å². The van der Waals surface area contributed by atoms with E-state index in [0.29, 0.717) is 70.9 Å². The number of aryl methyl sites for hydroxylation is 1. The van der Waals surface area contributed by atoms with Gasteiger partial charge in [0.05, 0.1) is 24.3 Å². The highest BCUT2D eigenvalue weighted by Crippen LogP contribution is 2.42. The summed E-state index contributed by atoms with van der Waals surface area (Å²) in [6.07, 6.45) is 1.59. The van der Waals surface area contributed by atoms with Crippen LogP contribution in [0.4, 0.5) is 0 Å². The number of rotatable bonds is 9. The quantitative estimate of drug-likeness (QED) is 0.540. The van der Waals surface area contributed by atoms with E-state index in [1.807, 2.05) is 0 Å². The average molecular weight is 466 g/mol. The first-order valence-electron chi connectivity index (χ1n) is 9.80. The Bertz CT molecular complexity index is 998. The minimum atomic E-state index is -0.250. The number of ketones is 1. The van der Waals surface area contributed by atoms with Crippen molar-refractivity contribution in [2.24, 2.45) is 0 Å². The molecule has 6 nitrogen and oxygen atoms in total. The van der Waals surface area contributed by atoms with E-state index >= 15 is 0 Å². The summed E-state index contributed by atoms with van der Waals surface area (Å²) < 4.78 is 16.4. The molecule has 0 bridgehead atoms. The van der Waals surface area contributed by atoms with E-state index in [-0.39, 0.29) is 17.3 Å². The molecule has 0 unspecified atom stereocenters. The van der Waals surface area contributed by atoms with Crippen LogP contribution in [0.15, 0.2) is 30.0 Å². The van der Waals surface area contributed by atoms with Gasteiger partial charge in [-0.2, -0.15) is 0 Å². The number of benzene rings is 2. The van der Waals surface area contributed by atoms with Crippen molar-refractivity contribution in [3.05, 3.63) is 62.3 Å². The molecule has 1 aliphatic heterocycles. The van der Waals surface area contributed by atoms with E-state index in [4.69, 9.17) is 37.4 Å². The largest absolute Gasteiger partial charge is 0.507 e. The Morgan fingerprint density at radius 1 is 1.13 bits per heavy atom. The summed E-state index contributed by atoms with van der Waals surface area (Å²) >= 11 is 12.2. The van der Waals surface area contributed by atoms with Crippen molar-refractivity contribution in [3.8, 4) is 11.5 Å². The van der Waals surface area contributed by atoms with Crippen molar-refractivity contribution in [3.63, 3.8) is 0 Å². The molecular formula is C23H25Cl2NO5. The number of aromatic hydroxyl groups is 1. The van der Waals surface area contributed by atoms with Crippen molar-refractivity contribution in [2.75, 3.05) is 40.5 Å². The van der Waals surface area contributed by atoms with Crippen LogP contribution in [0.1, 0.15) is 27.0 Å². The second kappa shape index (κ2) is 10.5. The zero-order chi connectivity index (χ0) is 22.5. The number of carbonyl (C=O) groups is 1. The molecule has 31 heavy (non-hydrogen) atoms. The fraction of sp³-hybridized carbons (Fsp3) is 0.348. The molecule has 0 aliphatic carbocycles. The average Bonchev–Trinajstić information content (AvgIpc) is 3.05. The molecule has 2 aromatic rings. The lowest BCUT2D eigenvalue weighted by atomic mass is 9.99. The first-order chi connectivity index (χ1) is 14.8. The Balaban J connectivity index is 1.97. The van der Waals surface area contributed by atoms with Gasteiger partial charge in [0.15, 0.2) is 5.76 Å². The summed E-state index contributed by atoms with van der Waals surface area (Å²) in [5.74, 6) is 0.350. The van der Waals surface area contributed by atoms with Gasteiger partial charge in [-0.05, 0) is 42.3 Å². The highest BCUT2D eigenvalue weighted by Gasteiger charge is 2.33. The van der Waals surface area contributed by atoms with Crippen molar-refractivity contribution in [1.82, 2.24) is 4.90 Å². The highest BCUT2D eigenvalue weighted by atomic mass is 35.5. The number of hydrogen-bond donors (Lipinski definition) is 1. The third-order valence-electron chi connectivity index (χ3n) is 5.07. The van der Waals surface area contributed by atoms with Gasteiger partial charge in [0.25, 0.3) is 0 Å². The summed E-state index contributed by atoms with van der Waals surface area (Å²) in [6, 6.07) is 6.62. The molecule has 1 N–H and O–H groups in total. The molecule has 0 radical (unpaired) electrons. The molecule has 0 saturated heterocycles. The van der Waals surface area contributed by atoms with Gasteiger partial charge in [-0.15, -0.1) is 0 Å². The maximum absolute atomic E-state index is 13.1. The molecule has 166 valence electrons. The monoisotopic (exact) mass is 465 g/mol. The second-order valence-electron chi connectivity index (χ2n) is 7.26. The number of phenols is 1. The van der Waals surface area contributed by atoms with Gasteiger partial charge in [0, 0.05) is 43.9 Å². The Morgan fingerprint density at radius 3 is 2.42 bits per heavy atom. The van der Waals surface area contributed by atoms with Crippen LogP contribution >= 0.6 is 23.2 Å². The Labute approximate surface area is 191 Å². The SMILES string of the molecule is COCCN(CCOC)Cc1c(O)cc(C)c2c1O/C(=C/c1ccc(Cl)cc1Cl)C2=O. The summed E-state index contributed by atoms with van der Waals surface area (Å²) in [5, 5.41) is 11.6. The van der Waals surface area contributed by atoms with Crippen LogP contribution in [0.3, 0.4) is 0 Å². The number of nitrogens with zero attached hydrogens (tertiary/aromatic N) is 1. The summed E-state index contributed by atoms with van der Waals surface area (Å²) in [7, 11) is 3.27. The summed E-state index contributed by atoms with van der Waals surface area (Å²) in [6.45, 7) is 4.48. The smallest absolute Gasteiger partial charge is 0.232 e. The number of methoxy groups -OCH3 is 2. The van der Waals surface area contributed by atoms with Crippen molar-refractivity contribution in [1.29, 1.82) is 0 Å². The minimum Gasteiger partial charge on any atom is -0.507 e. The predicted octanol–water partition coefficient (Wildman–Crippen LogP) is 4.72. The van der Waals surface area contributed by atoms with Crippen LogP contribution in [-0.2, 0) is 16.0 Å². The molecular weight excluding hydrogens is 441 g/mol. The van der Waals surface area contributed by atoms with Gasteiger partial charge in [-0.1, -0.05) is 29.3 Å². The maximum atomic E-state index is 13.1. The van der Waals surface area contributed by atoms with Crippen molar-refractivity contribution >= 4 is 35.1 Å². The fourth-order valence-electron chi connectivity index (χ4n) is 3.43. The first kappa shape index (κ1) is 23.6. The normalized spacial score (nSPS) is 14.4. The molecule has 1 heterocycles. The molecule has 0 atom stereocenters. The number of carbonyl (C=O) groups excluding carboxylic acids is 1. The molecule has 3 rings (SSSR count). The van der Waals surface area contributed by atoms with E-state index in [0.717, 1.165) is 0 Å². The predicted molar refractivity (Wildman–Crippen MR) is 121 cm³/mol. The number of Topliss-reactive ketones (excluding diaryl/α,β-unsaturated/α-hetero) is 1. The molecule has 0 spiro atoms. The van der Waals surface area contributed by atoms with Crippen LogP contribution in [0.2, 0.25) is 10.0 Å². The van der Waals surface area contributed by atoms with Gasteiger partial charge >= 0.3 is 0 Å². The highest BCUT2D eigenvalue weighted by molar-refractivity contribution is 6.35. The van der Waals surface area contributed by atoms with Crippen LogP contribution in [0.25, 0.3) is 6.08 Å². The minimum absolute atomic E-state index is 0.0784. The molecule has 0 amide bonds. The molecule has 8 heteroatoms. The van der Waals surface area contributed by atoms with Crippen molar-refractivity contribution in [2.45, 2.75) is 13.5 Å². The number of hydrogen-bond acceptors (Lipinski definition) is 6. The van der Waals surface area contributed by atoms with Gasteiger partial charge in [0.1, 0.15) is 11.5 Å². The number of halogens is 2. The van der Waals surface area contributed by atoms with E-state index in [2.05, 4.69) is 4.90 Å². The lowest BCUT2D eigenvalue weighted by molar-refractivity contribution is 0.101. The lowest BCUT2D eigenvalue weighted by Crippen LogP contribution is -2.30. The van der Waals surface area contributed by atoms with Crippen LogP contribution in [0, 0.1) is 6.92 Å². The molecule has 0 aromatic heterocycles. The van der Waals surface area contributed by atoms with Gasteiger partial charge in [0.2, 0.25) is 5.78 Å². The van der Waals surface area contributed by atoms with Crippen LogP contribution in [-0.4, -0.2) is 56.3 Å². The molecule has 2 aromatic carbocycles. The van der Waals surface area contributed by atoms with Crippen LogP contribution < -0.4 is 4.74 Å². The van der Waals surface area contributed by atoms with Gasteiger partial charge in [-0.3, -0.25) is 9.69 Å². The van der Waals surface area contributed by atoms with Crippen molar-refractivity contribution < 1.29 is 24.1 Å². The second-order valence-corrected chi connectivity index (χ2v) is 8.11. The zero-order valence-electron chi connectivity index (χ0n) is 17.7. The first-order valence-corrected chi connectivity index (χ1v) is 10.6. The third kappa shape index (κ3) is 5.40. The Hall–Kier alpha value is -2.09. The van der Waals surface area contributed by atoms with Crippen LogP contribution in [0.5, 0.6) is 11.5 Å². The standard InChI is InChI=1S/C23H25Cl2NO5/c1-14-10-19(27)17(13-26(6-8-29-2)7-9-30-3)23-21(14)22(28)20(31-23)11-15-4-5-16(24)12-18(15)25/h4-5,10-12,27H,6-9,13H2,1-3H3/b20-11+. The van der Waals surface area contributed by atoms with E-state index in [1.54, 1.807) is 51.5 Å². The maximum Gasteiger partial charge on any atom is 0.232 e. The van der Waals surface area contributed by atoms with E-state index < -0.39 is 0 Å². The number of fused-ring (bicyclic) bond motifs is 1. The van der Waals surface area contributed by atoms with E-state index in [9.17, 15) is 9.90 Å². The topological polar surface area (TPSA) is 68.2 Å². The number of phenolic OH excluding ortho intramolecular Hbond substituents is 1. The Morgan fingerprint density at radius 2 is 1.81 bits per heavy atom. The number of ether oxygens (including phenoxy) is 3. The summed E-state index contributed by atoms with van der Waals surface area (Å²) in [5.41, 5.74) is 2.26. The third-order valence-corrected chi connectivity index (χ3v) is 5.64. The lowest BCUT2D eigenvalue weighted by Gasteiger charge is -2.23. The zero-order valence-corrected chi connectivity index (χ0v) is 19.2. The van der Waals surface area contributed by atoms with Gasteiger partial charge < -0.3 is 19.3 Å². The number of allylic oxidation sites excluding steroid dienone is 1. The molecule has 0 fully saturated rings.